The molecule has 4 nitrogen and oxygen atoms in total. The maximum absolute atomic E-state index is 10.6. The summed E-state index contributed by atoms with van der Waals surface area (Å²) in [6, 6.07) is 1.54. The van der Waals surface area contributed by atoms with Crippen LogP contribution in [-0.4, -0.2) is 30.6 Å². The Hall–Kier alpha value is -1.24. The predicted molar refractivity (Wildman–Crippen MR) is 30.6 cm³/mol. The van der Waals surface area contributed by atoms with Crippen molar-refractivity contribution in [2.24, 2.45) is 0 Å². The van der Waals surface area contributed by atoms with E-state index in [0.29, 0.717) is 6.54 Å². The molecule has 1 atom stereocenters. The molecule has 0 bridgehead atoms. The highest BCUT2D eigenvalue weighted by molar-refractivity contribution is 5.77. The van der Waals surface area contributed by atoms with Crippen molar-refractivity contribution in [1.82, 2.24) is 10.2 Å². The van der Waals surface area contributed by atoms with Crippen molar-refractivity contribution in [3.05, 3.63) is 0 Å². The minimum absolute atomic E-state index is 0.165. The van der Waals surface area contributed by atoms with E-state index >= 15 is 0 Å². The Kier molecular flexibility index (Phi) is 1.27. The predicted octanol–water partition coefficient (Wildman–Crippen LogP) is -0.466. The molecule has 1 aliphatic heterocycles. The highest BCUT2D eigenvalue weighted by atomic mass is 16.2. The molecule has 0 spiro atoms. The summed E-state index contributed by atoms with van der Waals surface area (Å²) < 4.78 is 0. The van der Waals surface area contributed by atoms with Crippen LogP contribution >= 0.6 is 0 Å². The number of carbonyl (C=O) groups is 1. The number of carbonyl (C=O) groups excluding carboxylic acids is 1. The van der Waals surface area contributed by atoms with Crippen molar-refractivity contribution in [2.45, 2.75) is 6.04 Å². The lowest BCUT2D eigenvalue weighted by Gasteiger charge is -2.08. The highest BCUT2D eigenvalue weighted by Gasteiger charge is 2.26. The zero-order chi connectivity index (χ0) is 6.85. The van der Waals surface area contributed by atoms with Gasteiger partial charge < -0.3 is 10.2 Å². The second-order valence-corrected chi connectivity index (χ2v) is 1.94. The molecule has 48 valence electrons. The molecule has 1 N–H and O–H groups in total. The van der Waals surface area contributed by atoms with E-state index in [2.05, 4.69) is 5.32 Å². The number of nitrogens with zero attached hydrogens (tertiary/aromatic N) is 2. The molecule has 9 heavy (non-hydrogen) atoms. The first-order valence-corrected chi connectivity index (χ1v) is 2.66. The van der Waals surface area contributed by atoms with Gasteiger partial charge in [0.2, 0.25) is 0 Å². The van der Waals surface area contributed by atoms with Crippen LogP contribution < -0.4 is 5.32 Å². The Morgan fingerprint density at radius 3 is 2.89 bits per heavy atom. The average molecular weight is 125 g/mol. The number of hydrogen-bond donors (Lipinski definition) is 1. The quantitative estimate of drug-likeness (QED) is 0.476. The Morgan fingerprint density at radius 1 is 2.00 bits per heavy atom. The molecular formula is C5H7N3O. The molecule has 0 aliphatic carbocycles. The van der Waals surface area contributed by atoms with E-state index in [4.69, 9.17) is 5.26 Å². The summed E-state index contributed by atoms with van der Waals surface area (Å²) in [6.45, 7) is 0.450. The summed E-state index contributed by atoms with van der Waals surface area (Å²) in [5, 5.41) is 10.9. The van der Waals surface area contributed by atoms with E-state index in [1.807, 2.05) is 6.07 Å². The van der Waals surface area contributed by atoms with Crippen LogP contribution in [0.1, 0.15) is 0 Å². The molecule has 0 aromatic rings. The van der Waals surface area contributed by atoms with Gasteiger partial charge in [-0.25, -0.2) is 4.79 Å². The molecule has 0 saturated carbocycles. The van der Waals surface area contributed by atoms with Crippen LogP contribution in [0, 0.1) is 11.3 Å². The van der Waals surface area contributed by atoms with Crippen LogP contribution in [0.5, 0.6) is 0 Å². The van der Waals surface area contributed by atoms with E-state index in [1.54, 1.807) is 7.05 Å². The van der Waals surface area contributed by atoms with Crippen molar-refractivity contribution < 1.29 is 4.79 Å². The van der Waals surface area contributed by atoms with E-state index in [-0.39, 0.29) is 12.1 Å². The molecule has 1 rings (SSSR count). The smallest absolute Gasteiger partial charge is 0.318 e. The van der Waals surface area contributed by atoms with Gasteiger partial charge in [0.15, 0.2) is 0 Å². The monoisotopic (exact) mass is 125 g/mol. The lowest BCUT2D eigenvalue weighted by molar-refractivity contribution is 0.221. The molecule has 4 heteroatoms. The Labute approximate surface area is 53.1 Å². The topological polar surface area (TPSA) is 56.1 Å². The van der Waals surface area contributed by atoms with Gasteiger partial charge in [-0.05, 0) is 0 Å². The first kappa shape index (κ1) is 5.89. The van der Waals surface area contributed by atoms with Crippen molar-refractivity contribution >= 4 is 6.03 Å². The summed E-state index contributed by atoms with van der Waals surface area (Å²) in [7, 11) is 1.61. The zero-order valence-corrected chi connectivity index (χ0v) is 5.09. The number of likely N-dealkylation sites (N-methyl/N-ethyl adjacent to an activating group) is 1. The van der Waals surface area contributed by atoms with Crippen molar-refractivity contribution in [1.29, 1.82) is 5.26 Å². The lowest BCUT2D eigenvalue weighted by Crippen LogP contribution is -2.28. The zero-order valence-electron chi connectivity index (χ0n) is 5.09. The fourth-order valence-electron chi connectivity index (χ4n) is 0.719. The molecule has 0 aromatic carbocycles. The van der Waals surface area contributed by atoms with Crippen LogP contribution in [0.3, 0.4) is 0 Å². The molecule has 1 fully saturated rings. The van der Waals surface area contributed by atoms with Crippen molar-refractivity contribution in [3.63, 3.8) is 0 Å². The van der Waals surface area contributed by atoms with E-state index in [1.165, 1.54) is 4.90 Å². The van der Waals surface area contributed by atoms with Gasteiger partial charge >= 0.3 is 6.03 Å². The van der Waals surface area contributed by atoms with E-state index < -0.39 is 0 Å². The van der Waals surface area contributed by atoms with Crippen molar-refractivity contribution in [3.8, 4) is 6.07 Å². The maximum Gasteiger partial charge on any atom is 0.318 e. The molecule has 1 aliphatic rings. The minimum atomic E-state index is -0.280. The molecule has 1 saturated heterocycles. The molecular weight excluding hydrogens is 118 g/mol. The summed E-state index contributed by atoms with van der Waals surface area (Å²) >= 11 is 0. The fourth-order valence-corrected chi connectivity index (χ4v) is 0.719. The van der Waals surface area contributed by atoms with Crippen LogP contribution in [-0.2, 0) is 0 Å². The molecule has 1 unspecified atom stereocenters. The minimum Gasteiger partial charge on any atom is -0.335 e. The Morgan fingerprint density at radius 2 is 2.67 bits per heavy atom. The van der Waals surface area contributed by atoms with Crippen LogP contribution in [0.4, 0.5) is 4.79 Å². The third-order valence-electron chi connectivity index (χ3n) is 1.38. The normalized spacial score (nSPS) is 25.6. The first-order chi connectivity index (χ1) is 4.25. The van der Waals surface area contributed by atoms with Gasteiger partial charge in [-0.15, -0.1) is 0 Å². The third kappa shape index (κ3) is 0.809. The number of rotatable bonds is 0. The van der Waals surface area contributed by atoms with Gasteiger partial charge in [0, 0.05) is 7.05 Å². The number of nitrogens with one attached hydrogen (secondary N) is 1. The third-order valence-corrected chi connectivity index (χ3v) is 1.38. The molecule has 1 heterocycles. The van der Waals surface area contributed by atoms with Gasteiger partial charge in [0.05, 0.1) is 12.6 Å². The lowest BCUT2D eigenvalue weighted by atomic mass is 10.3. The number of urea groups is 1. The van der Waals surface area contributed by atoms with Gasteiger partial charge in [0.1, 0.15) is 6.04 Å². The van der Waals surface area contributed by atoms with E-state index in [0.717, 1.165) is 0 Å². The second-order valence-electron chi connectivity index (χ2n) is 1.94. The fraction of sp³-hybridized carbons (Fsp3) is 0.600. The highest BCUT2D eigenvalue weighted by Crippen LogP contribution is 2.00. The summed E-state index contributed by atoms with van der Waals surface area (Å²) in [5.41, 5.74) is 0. The van der Waals surface area contributed by atoms with E-state index in [9.17, 15) is 4.79 Å². The molecule has 2 amide bonds. The summed E-state index contributed by atoms with van der Waals surface area (Å²) in [6.07, 6.45) is 0. The molecule has 0 radical (unpaired) electrons. The summed E-state index contributed by atoms with van der Waals surface area (Å²) in [4.78, 5) is 12.0. The first-order valence-electron chi connectivity index (χ1n) is 2.66. The standard InChI is InChI=1S/C5H7N3O/c1-8-4(2-6)3-7-5(8)9/h4H,3H2,1H3,(H,7,9). The second kappa shape index (κ2) is 1.94. The van der Waals surface area contributed by atoms with Crippen LogP contribution in [0.2, 0.25) is 0 Å². The van der Waals surface area contributed by atoms with Gasteiger partial charge in [-0.3, -0.25) is 0 Å². The SMILES string of the molecule is CN1C(=O)NCC1C#N. The number of hydrogen-bond acceptors (Lipinski definition) is 2. The average Bonchev–Trinajstić information content (AvgIpc) is 2.15. The van der Waals surface area contributed by atoms with Crippen LogP contribution in [0.15, 0.2) is 0 Å². The van der Waals surface area contributed by atoms with Gasteiger partial charge in [-0.1, -0.05) is 0 Å². The largest absolute Gasteiger partial charge is 0.335 e. The number of amides is 2. The van der Waals surface area contributed by atoms with Gasteiger partial charge in [0.25, 0.3) is 0 Å². The number of nitriles is 1. The Bertz CT molecular complexity index is 172. The van der Waals surface area contributed by atoms with Crippen molar-refractivity contribution in [2.75, 3.05) is 13.6 Å². The maximum atomic E-state index is 10.6. The van der Waals surface area contributed by atoms with Gasteiger partial charge in [-0.2, -0.15) is 5.26 Å². The molecule has 0 aromatic heterocycles. The Balaban J connectivity index is 2.64. The van der Waals surface area contributed by atoms with Crippen LogP contribution in [0.25, 0.3) is 0 Å². The summed E-state index contributed by atoms with van der Waals surface area (Å²) in [5.74, 6) is 0.